The Hall–Kier alpha value is -1.81. The minimum atomic E-state index is 0. The smallest absolute Gasteiger partial charge is 0.194 e. The standard InChI is InChI=1S/C23H34N6O.HI/c1-19-7-10-28(11-8-19)22-5-3-20(4-6-22)17-25-23(24-2)29-14-12-27(13-15-29)18-21-9-16-30-26-21;/h3-6,9,16,19H,7-8,10-15,17-18H2,1-2H3,(H,24,25);1H. The largest absolute Gasteiger partial charge is 0.372 e. The molecule has 8 heteroatoms. The first-order valence-corrected chi connectivity index (χ1v) is 11.1. The highest BCUT2D eigenvalue weighted by Crippen LogP contribution is 2.23. The fraction of sp³-hybridized carbons (Fsp3) is 0.565. The maximum absolute atomic E-state index is 4.93. The maximum Gasteiger partial charge on any atom is 0.194 e. The summed E-state index contributed by atoms with van der Waals surface area (Å²) in [6, 6.07) is 10.9. The molecule has 2 aromatic rings. The molecule has 1 N–H and O–H groups in total. The van der Waals surface area contributed by atoms with Crippen LogP contribution in [-0.2, 0) is 13.1 Å². The first-order valence-electron chi connectivity index (χ1n) is 11.1. The van der Waals surface area contributed by atoms with Crippen LogP contribution in [0.2, 0.25) is 0 Å². The Morgan fingerprint density at radius 3 is 2.39 bits per heavy atom. The second-order valence-corrected chi connectivity index (χ2v) is 8.49. The molecule has 0 aliphatic carbocycles. The molecule has 3 heterocycles. The Morgan fingerprint density at radius 2 is 1.77 bits per heavy atom. The molecule has 0 spiro atoms. The SMILES string of the molecule is CN=C(NCc1ccc(N2CCC(C)CC2)cc1)N1CCN(Cc2ccon2)CC1.I. The van der Waals surface area contributed by atoms with E-state index in [0.29, 0.717) is 0 Å². The normalized spacial score (nSPS) is 18.7. The van der Waals surface area contributed by atoms with Gasteiger partial charge in [0.25, 0.3) is 0 Å². The molecule has 0 saturated carbocycles. The highest BCUT2D eigenvalue weighted by Gasteiger charge is 2.20. The van der Waals surface area contributed by atoms with Gasteiger partial charge in [0.2, 0.25) is 0 Å². The number of guanidine groups is 1. The van der Waals surface area contributed by atoms with Gasteiger partial charge in [0.05, 0.1) is 5.69 Å². The molecule has 2 aliphatic heterocycles. The minimum absolute atomic E-state index is 0. The molecule has 0 unspecified atom stereocenters. The average Bonchev–Trinajstić information content (AvgIpc) is 3.29. The molecule has 0 bridgehead atoms. The van der Waals surface area contributed by atoms with Crippen LogP contribution in [0.5, 0.6) is 0 Å². The lowest BCUT2D eigenvalue weighted by atomic mass is 9.99. The molecule has 2 fully saturated rings. The molecule has 0 radical (unpaired) electrons. The first-order chi connectivity index (χ1) is 14.7. The van der Waals surface area contributed by atoms with Gasteiger partial charge in [0.1, 0.15) is 6.26 Å². The third kappa shape index (κ3) is 6.58. The molecule has 1 aromatic carbocycles. The Labute approximate surface area is 202 Å². The van der Waals surface area contributed by atoms with Crippen LogP contribution in [0.15, 0.2) is 46.1 Å². The number of hydrogen-bond donors (Lipinski definition) is 1. The summed E-state index contributed by atoms with van der Waals surface area (Å²) >= 11 is 0. The van der Waals surface area contributed by atoms with E-state index in [9.17, 15) is 0 Å². The lowest BCUT2D eigenvalue weighted by molar-refractivity contribution is 0.169. The maximum atomic E-state index is 4.93. The molecular weight excluding hydrogens is 503 g/mol. The molecule has 2 aliphatic rings. The summed E-state index contributed by atoms with van der Waals surface area (Å²) < 4.78 is 4.93. The molecule has 7 nitrogen and oxygen atoms in total. The average molecular weight is 538 g/mol. The molecule has 0 atom stereocenters. The number of aliphatic imine (C=N–C) groups is 1. The second kappa shape index (κ2) is 11.7. The van der Waals surface area contributed by atoms with Crippen molar-refractivity contribution in [1.29, 1.82) is 0 Å². The van der Waals surface area contributed by atoms with E-state index in [1.807, 2.05) is 13.1 Å². The summed E-state index contributed by atoms with van der Waals surface area (Å²) in [5, 5.41) is 7.55. The summed E-state index contributed by atoms with van der Waals surface area (Å²) in [5.74, 6) is 1.84. The number of rotatable bonds is 5. The highest BCUT2D eigenvalue weighted by atomic mass is 127. The lowest BCUT2D eigenvalue weighted by Gasteiger charge is -2.36. The summed E-state index contributed by atoms with van der Waals surface area (Å²) in [7, 11) is 1.87. The molecule has 4 rings (SSSR count). The van der Waals surface area contributed by atoms with Gasteiger partial charge >= 0.3 is 0 Å². The van der Waals surface area contributed by atoms with Crippen molar-refractivity contribution in [3.8, 4) is 0 Å². The molecule has 0 amide bonds. The number of aromatic nitrogens is 1. The van der Waals surface area contributed by atoms with Crippen molar-refractivity contribution in [2.45, 2.75) is 32.9 Å². The van der Waals surface area contributed by atoms with Crippen LogP contribution in [-0.4, -0.2) is 67.2 Å². The number of nitrogens with one attached hydrogen (secondary N) is 1. The van der Waals surface area contributed by atoms with Gasteiger partial charge in [-0.05, 0) is 36.5 Å². The van der Waals surface area contributed by atoms with Gasteiger partial charge < -0.3 is 19.6 Å². The molecule has 1 aromatic heterocycles. The lowest BCUT2D eigenvalue weighted by Crippen LogP contribution is -2.52. The Bertz CT molecular complexity index is 794. The van der Waals surface area contributed by atoms with Crippen LogP contribution < -0.4 is 10.2 Å². The van der Waals surface area contributed by atoms with Gasteiger partial charge in [-0.25, -0.2) is 0 Å². The summed E-state index contributed by atoms with van der Waals surface area (Å²) in [5.41, 5.74) is 3.63. The van der Waals surface area contributed by atoms with E-state index in [1.54, 1.807) is 6.26 Å². The van der Waals surface area contributed by atoms with Gasteiger partial charge in [0.15, 0.2) is 5.96 Å². The van der Waals surface area contributed by atoms with Gasteiger partial charge in [-0.2, -0.15) is 0 Å². The predicted molar refractivity (Wildman–Crippen MR) is 136 cm³/mol. The number of piperidine rings is 1. The zero-order valence-electron chi connectivity index (χ0n) is 18.7. The van der Waals surface area contributed by atoms with Crippen LogP contribution in [0.25, 0.3) is 0 Å². The number of hydrogen-bond acceptors (Lipinski definition) is 5. The van der Waals surface area contributed by atoms with Crippen molar-refractivity contribution in [2.24, 2.45) is 10.9 Å². The molecular formula is C23H35IN6O. The quantitative estimate of drug-likeness (QED) is 0.358. The van der Waals surface area contributed by atoms with Crippen molar-refractivity contribution >= 4 is 35.6 Å². The summed E-state index contributed by atoms with van der Waals surface area (Å²) in [4.78, 5) is 11.8. The topological polar surface area (TPSA) is 60.1 Å². The van der Waals surface area contributed by atoms with Crippen molar-refractivity contribution < 1.29 is 4.52 Å². The van der Waals surface area contributed by atoms with Crippen LogP contribution in [0.1, 0.15) is 31.0 Å². The van der Waals surface area contributed by atoms with Crippen molar-refractivity contribution in [2.75, 3.05) is 51.2 Å². The fourth-order valence-electron chi connectivity index (χ4n) is 4.27. The van der Waals surface area contributed by atoms with Crippen LogP contribution >= 0.6 is 24.0 Å². The predicted octanol–water partition coefficient (Wildman–Crippen LogP) is 3.42. The summed E-state index contributed by atoms with van der Waals surface area (Å²) in [6.07, 6.45) is 4.23. The van der Waals surface area contributed by atoms with Crippen molar-refractivity contribution in [3.63, 3.8) is 0 Å². The number of halogens is 1. The van der Waals surface area contributed by atoms with Gasteiger partial charge in [-0.3, -0.25) is 9.89 Å². The minimum Gasteiger partial charge on any atom is -0.372 e. The third-order valence-corrected chi connectivity index (χ3v) is 6.30. The number of nitrogens with zero attached hydrogens (tertiary/aromatic N) is 5. The second-order valence-electron chi connectivity index (χ2n) is 8.49. The van der Waals surface area contributed by atoms with Gasteiger partial charge in [-0.15, -0.1) is 24.0 Å². The number of anilines is 1. The first kappa shape index (κ1) is 23.8. The number of benzene rings is 1. The monoisotopic (exact) mass is 538 g/mol. The van der Waals surface area contributed by atoms with Gasteiger partial charge in [0, 0.05) is 71.2 Å². The van der Waals surface area contributed by atoms with E-state index in [1.165, 1.54) is 37.2 Å². The molecule has 2 saturated heterocycles. The van der Waals surface area contributed by atoms with Crippen LogP contribution in [0.4, 0.5) is 5.69 Å². The van der Waals surface area contributed by atoms with Crippen molar-refractivity contribution in [3.05, 3.63) is 47.9 Å². The zero-order chi connectivity index (χ0) is 20.8. The van der Waals surface area contributed by atoms with E-state index in [2.05, 4.69) is 61.4 Å². The van der Waals surface area contributed by atoms with E-state index in [-0.39, 0.29) is 24.0 Å². The van der Waals surface area contributed by atoms with Gasteiger partial charge in [-0.1, -0.05) is 24.2 Å². The van der Waals surface area contributed by atoms with Crippen LogP contribution in [0.3, 0.4) is 0 Å². The zero-order valence-corrected chi connectivity index (χ0v) is 21.0. The summed E-state index contributed by atoms with van der Waals surface area (Å²) in [6.45, 7) is 10.3. The third-order valence-electron chi connectivity index (χ3n) is 6.30. The molecule has 170 valence electrons. The van der Waals surface area contributed by atoms with E-state index in [4.69, 9.17) is 4.52 Å². The molecule has 31 heavy (non-hydrogen) atoms. The number of piperazine rings is 1. The Balaban J connectivity index is 0.00000272. The Morgan fingerprint density at radius 1 is 1.06 bits per heavy atom. The van der Waals surface area contributed by atoms with E-state index in [0.717, 1.165) is 56.8 Å². The Kier molecular flexibility index (Phi) is 9.01. The highest BCUT2D eigenvalue weighted by molar-refractivity contribution is 14.0. The van der Waals surface area contributed by atoms with Crippen LogP contribution in [0, 0.1) is 5.92 Å². The van der Waals surface area contributed by atoms with E-state index >= 15 is 0 Å². The van der Waals surface area contributed by atoms with Crippen molar-refractivity contribution in [1.82, 2.24) is 20.3 Å². The fourth-order valence-corrected chi connectivity index (χ4v) is 4.27. The van der Waals surface area contributed by atoms with E-state index < -0.39 is 0 Å².